The van der Waals surface area contributed by atoms with Crippen LogP contribution in [0.2, 0.25) is 10.0 Å². The van der Waals surface area contributed by atoms with Crippen LogP contribution < -0.4 is 16.4 Å². The molecule has 0 aliphatic heterocycles. The minimum Gasteiger partial charge on any atom is -0.467 e. The Morgan fingerprint density at radius 1 is 1.12 bits per heavy atom. The highest BCUT2D eigenvalue weighted by Crippen LogP contribution is 2.36. The molecule has 9 heteroatoms. The van der Waals surface area contributed by atoms with Crippen molar-refractivity contribution in [2.75, 3.05) is 16.4 Å². The first-order valence-corrected chi connectivity index (χ1v) is 10.8. The molecule has 1 atom stereocenters. The molecule has 2 aromatic heterocycles. The van der Waals surface area contributed by atoms with Gasteiger partial charge in [-0.2, -0.15) is 5.26 Å². The Morgan fingerprint density at radius 2 is 1.88 bits per heavy atom. The van der Waals surface area contributed by atoms with Crippen LogP contribution in [0.15, 0.2) is 65.5 Å². The number of aryl methyl sites for hydroxylation is 1. The molecule has 2 heterocycles. The number of halogens is 2. The minimum absolute atomic E-state index is 0.361. The van der Waals surface area contributed by atoms with Crippen LogP contribution in [0.3, 0.4) is 0 Å². The second-order valence-electron chi connectivity index (χ2n) is 7.34. The normalized spacial score (nSPS) is 11.6. The monoisotopic (exact) mass is 478 g/mol. The van der Waals surface area contributed by atoms with E-state index in [4.69, 9.17) is 33.4 Å². The van der Waals surface area contributed by atoms with E-state index >= 15 is 0 Å². The third kappa shape index (κ3) is 5.03. The van der Waals surface area contributed by atoms with E-state index in [1.165, 1.54) is 6.33 Å². The van der Waals surface area contributed by atoms with Crippen molar-refractivity contribution < 1.29 is 4.42 Å². The molecule has 0 amide bonds. The number of benzene rings is 2. The first kappa shape index (κ1) is 22.5. The van der Waals surface area contributed by atoms with E-state index in [0.717, 1.165) is 22.6 Å². The molecule has 7 nitrogen and oxygen atoms in total. The van der Waals surface area contributed by atoms with Crippen molar-refractivity contribution in [1.82, 2.24) is 9.97 Å². The molecule has 0 spiro atoms. The molecule has 0 aliphatic carbocycles. The number of nitriles is 1. The fourth-order valence-electron chi connectivity index (χ4n) is 3.39. The largest absolute Gasteiger partial charge is 0.467 e. The number of aromatic nitrogens is 2. The van der Waals surface area contributed by atoms with E-state index in [9.17, 15) is 5.26 Å². The van der Waals surface area contributed by atoms with E-state index in [0.29, 0.717) is 39.5 Å². The second-order valence-corrected chi connectivity index (χ2v) is 8.19. The van der Waals surface area contributed by atoms with Gasteiger partial charge in [0, 0.05) is 15.7 Å². The Balaban J connectivity index is 1.58. The van der Waals surface area contributed by atoms with E-state index in [2.05, 4.69) is 26.7 Å². The number of hydrogen-bond acceptors (Lipinski definition) is 7. The van der Waals surface area contributed by atoms with Crippen LogP contribution in [0, 0.1) is 18.3 Å². The van der Waals surface area contributed by atoms with E-state index < -0.39 is 5.92 Å². The summed E-state index contributed by atoms with van der Waals surface area (Å²) < 4.78 is 5.32. The lowest BCUT2D eigenvalue weighted by Crippen LogP contribution is -2.08. The summed E-state index contributed by atoms with van der Waals surface area (Å²) in [5, 5.41) is 17.2. The van der Waals surface area contributed by atoms with Gasteiger partial charge in [0.05, 0.1) is 24.8 Å². The lowest BCUT2D eigenvalue weighted by molar-refractivity contribution is 0.518. The van der Waals surface area contributed by atoms with Crippen molar-refractivity contribution in [1.29, 1.82) is 5.26 Å². The Morgan fingerprint density at radius 3 is 2.58 bits per heavy atom. The van der Waals surface area contributed by atoms with E-state index in [1.54, 1.807) is 24.5 Å². The molecule has 0 saturated heterocycles. The van der Waals surface area contributed by atoms with Crippen LogP contribution in [-0.2, 0) is 6.54 Å². The zero-order chi connectivity index (χ0) is 23.4. The molecule has 4 aromatic rings. The summed E-state index contributed by atoms with van der Waals surface area (Å²) in [4.78, 5) is 8.47. The third-order valence-corrected chi connectivity index (χ3v) is 5.71. The topological polar surface area (TPSA) is 113 Å². The Labute approximate surface area is 201 Å². The number of nitrogen functional groups attached to an aromatic ring is 1. The molecule has 0 radical (unpaired) electrons. The van der Waals surface area contributed by atoms with Crippen molar-refractivity contribution in [3.05, 3.63) is 93.6 Å². The molecule has 166 valence electrons. The summed E-state index contributed by atoms with van der Waals surface area (Å²) in [7, 11) is 0. The molecule has 1 unspecified atom stereocenters. The molecule has 2 aromatic carbocycles. The van der Waals surface area contributed by atoms with Gasteiger partial charge in [-0.25, -0.2) is 9.97 Å². The molecule has 33 heavy (non-hydrogen) atoms. The third-order valence-electron chi connectivity index (χ3n) is 5.13. The predicted molar refractivity (Wildman–Crippen MR) is 131 cm³/mol. The van der Waals surface area contributed by atoms with Gasteiger partial charge in [-0.05, 0) is 53.9 Å². The van der Waals surface area contributed by atoms with Gasteiger partial charge in [-0.15, -0.1) is 0 Å². The Bertz CT molecular complexity index is 1300. The second kappa shape index (κ2) is 9.82. The molecule has 4 N–H and O–H groups in total. The van der Waals surface area contributed by atoms with Gasteiger partial charge in [0.15, 0.2) is 11.6 Å². The lowest BCUT2D eigenvalue weighted by Gasteiger charge is -2.17. The van der Waals surface area contributed by atoms with E-state index in [1.807, 2.05) is 37.3 Å². The van der Waals surface area contributed by atoms with Crippen molar-refractivity contribution in [2.45, 2.75) is 19.4 Å². The molecule has 0 bridgehead atoms. The minimum atomic E-state index is -0.524. The zero-order valence-corrected chi connectivity index (χ0v) is 19.2. The number of nitrogens with one attached hydrogen (secondary N) is 2. The zero-order valence-electron chi connectivity index (χ0n) is 17.6. The van der Waals surface area contributed by atoms with Crippen LogP contribution in [-0.4, -0.2) is 9.97 Å². The number of furan rings is 1. The summed E-state index contributed by atoms with van der Waals surface area (Å²) in [6.45, 7) is 2.36. The average molecular weight is 479 g/mol. The Kier molecular flexibility index (Phi) is 6.68. The molecule has 0 aliphatic rings. The Hall–Kier alpha value is -3.73. The van der Waals surface area contributed by atoms with Crippen molar-refractivity contribution >= 4 is 46.2 Å². The van der Waals surface area contributed by atoms with E-state index in [-0.39, 0.29) is 0 Å². The van der Waals surface area contributed by atoms with Gasteiger partial charge >= 0.3 is 0 Å². The highest BCUT2D eigenvalue weighted by molar-refractivity contribution is 6.32. The van der Waals surface area contributed by atoms with Crippen LogP contribution in [0.5, 0.6) is 0 Å². The number of hydrogen-bond donors (Lipinski definition) is 3. The fraction of sp³-hybridized carbons (Fsp3) is 0.125. The van der Waals surface area contributed by atoms with Gasteiger partial charge in [0.25, 0.3) is 0 Å². The van der Waals surface area contributed by atoms with Gasteiger partial charge in [0.1, 0.15) is 17.8 Å². The number of anilines is 4. The SMILES string of the molecule is Cc1cc(C(C#N)c2ccc(Cl)cc2)c(Cl)cc1Nc1ncnc(NCc2ccco2)c1N. The molecular weight excluding hydrogens is 459 g/mol. The van der Waals surface area contributed by atoms with Gasteiger partial charge < -0.3 is 20.8 Å². The van der Waals surface area contributed by atoms with Crippen LogP contribution in [0.4, 0.5) is 23.0 Å². The molecular formula is C24H20Cl2N6O. The highest BCUT2D eigenvalue weighted by Gasteiger charge is 2.19. The summed E-state index contributed by atoms with van der Waals surface area (Å²) in [5.41, 5.74) is 9.77. The molecule has 0 fully saturated rings. The first-order chi connectivity index (χ1) is 16.0. The maximum atomic E-state index is 9.80. The lowest BCUT2D eigenvalue weighted by atomic mass is 9.91. The van der Waals surface area contributed by atoms with Gasteiger partial charge in [0.2, 0.25) is 0 Å². The maximum absolute atomic E-state index is 9.80. The summed E-state index contributed by atoms with van der Waals surface area (Å²) in [6.07, 6.45) is 3.02. The molecule has 0 saturated carbocycles. The quantitative estimate of drug-likeness (QED) is 0.286. The number of nitrogens with two attached hydrogens (primary N) is 1. The fourth-order valence-corrected chi connectivity index (χ4v) is 3.78. The number of rotatable bonds is 7. The van der Waals surface area contributed by atoms with Crippen molar-refractivity contribution in [3.63, 3.8) is 0 Å². The standard InChI is InChI=1S/C24H20Cl2N6O/c1-14-9-18(19(11-27)15-4-6-16(25)7-5-15)20(26)10-21(14)32-24-22(28)23(30-13-31-24)29-12-17-3-2-8-33-17/h2-10,13,19H,12,28H2,1H3,(H2,29,30,31,32). The highest BCUT2D eigenvalue weighted by atomic mass is 35.5. The van der Waals surface area contributed by atoms with Crippen molar-refractivity contribution in [2.24, 2.45) is 0 Å². The van der Waals surface area contributed by atoms with Crippen LogP contribution in [0.25, 0.3) is 0 Å². The van der Waals surface area contributed by atoms with Crippen LogP contribution in [0.1, 0.15) is 28.4 Å². The maximum Gasteiger partial charge on any atom is 0.159 e. The van der Waals surface area contributed by atoms with Gasteiger partial charge in [-0.1, -0.05) is 41.4 Å². The predicted octanol–water partition coefficient (Wildman–Crippen LogP) is 6.28. The van der Waals surface area contributed by atoms with Crippen molar-refractivity contribution in [3.8, 4) is 6.07 Å². The summed E-state index contributed by atoms with van der Waals surface area (Å²) >= 11 is 12.6. The smallest absolute Gasteiger partial charge is 0.159 e. The van der Waals surface area contributed by atoms with Gasteiger partial charge in [-0.3, -0.25) is 0 Å². The van der Waals surface area contributed by atoms with Crippen LogP contribution >= 0.6 is 23.2 Å². The first-order valence-electron chi connectivity index (χ1n) is 10.0. The summed E-state index contributed by atoms with van der Waals surface area (Å²) in [6, 6.07) is 16.8. The summed E-state index contributed by atoms with van der Waals surface area (Å²) in [5.74, 6) is 1.16. The number of nitrogens with zero attached hydrogens (tertiary/aromatic N) is 3. The average Bonchev–Trinajstić information content (AvgIpc) is 3.33. The molecule has 4 rings (SSSR count).